The molecule has 1 aliphatic rings. The summed E-state index contributed by atoms with van der Waals surface area (Å²) in [6.45, 7) is 4.27. The molecule has 2 rings (SSSR count). The van der Waals surface area contributed by atoms with Gasteiger partial charge in [0.05, 0.1) is 5.75 Å². The number of hydrogen-bond donors (Lipinski definition) is 1. The summed E-state index contributed by atoms with van der Waals surface area (Å²) in [6, 6.07) is 5.86. The second kappa shape index (κ2) is 6.31. The van der Waals surface area contributed by atoms with Crippen molar-refractivity contribution in [3.63, 3.8) is 0 Å². The SMILES string of the molecule is O=S(=O)(O)CCCN1CCN(c2ccccn2)CC1. The summed E-state index contributed by atoms with van der Waals surface area (Å²) >= 11 is 0. The summed E-state index contributed by atoms with van der Waals surface area (Å²) in [5, 5.41) is 0. The largest absolute Gasteiger partial charge is 0.354 e. The summed E-state index contributed by atoms with van der Waals surface area (Å²) in [4.78, 5) is 8.75. The van der Waals surface area contributed by atoms with Gasteiger partial charge in [-0.1, -0.05) is 6.07 Å². The average Bonchev–Trinajstić information content (AvgIpc) is 2.39. The monoisotopic (exact) mass is 285 g/mol. The second-order valence-corrected chi connectivity index (χ2v) is 6.23. The fourth-order valence-corrected chi connectivity index (χ4v) is 2.71. The molecule has 0 aromatic carbocycles. The van der Waals surface area contributed by atoms with E-state index in [1.54, 1.807) is 6.20 Å². The van der Waals surface area contributed by atoms with E-state index in [1.807, 2.05) is 18.2 Å². The zero-order valence-electron chi connectivity index (χ0n) is 10.8. The maximum atomic E-state index is 10.6. The van der Waals surface area contributed by atoms with Crippen molar-refractivity contribution >= 4 is 15.9 Å². The molecule has 1 saturated heterocycles. The van der Waals surface area contributed by atoms with Crippen LogP contribution in [0.4, 0.5) is 5.82 Å². The molecule has 0 unspecified atom stereocenters. The summed E-state index contributed by atoms with van der Waals surface area (Å²) in [5.74, 6) is 0.827. The minimum Gasteiger partial charge on any atom is -0.354 e. The van der Waals surface area contributed by atoms with E-state index in [0.717, 1.165) is 32.0 Å². The maximum Gasteiger partial charge on any atom is 0.264 e. The number of pyridine rings is 1. The Bertz CT molecular complexity index is 484. The predicted octanol–water partition coefficient (Wildman–Crippen LogP) is 0.481. The number of piperazine rings is 1. The Hall–Kier alpha value is -1.18. The number of hydrogen-bond acceptors (Lipinski definition) is 5. The molecule has 7 heteroatoms. The van der Waals surface area contributed by atoms with Crippen LogP contribution in [0.5, 0.6) is 0 Å². The van der Waals surface area contributed by atoms with Gasteiger partial charge < -0.3 is 4.90 Å². The van der Waals surface area contributed by atoms with Crippen LogP contribution >= 0.6 is 0 Å². The van der Waals surface area contributed by atoms with E-state index in [2.05, 4.69) is 14.8 Å². The molecule has 0 radical (unpaired) electrons. The van der Waals surface area contributed by atoms with Crippen LogP contribution in [0.3, 0.4) is 0 Å². The average molecular weight is 285 g/mol. The zero-order chi connectivity index (χ0) is 13.7. The van der Waals surface area contributed by atoms with Crippen molar-refractivity contribution in [2.45, 2.75) is 6.42 Å². The number of anilines is 1. The van der Waals surface area contributed by atoms with Crippen molar-refractivity contribution in [2.75, 3.05) is 43.4 Å². The van der Waals surface area contributed by atoms with Gasteiger partial charge in [0.25, 0.3) is 10.1 Å². The number of rotatable bonds is 5. The molecular formula is C12H19N3O3S. The van der Waals surface area contributed by atoms with Crippen molar-refractivity contribution in [3.05, 3.63) is 24.4 Å². The van der Waals surface area contributed by atoms with Gasteiger partial charge in [-0.05, 0) is 25.1 Å². The summed E-state index contributed by atoms with van der Waals surface area (Å²) in [6.07, 6.45) is 2.26. The van der Waals surface area contributed by atoms with Gasteiger partial charge in [-0.15, -0.1) is 0 Å². The quantitative estimate of drug-likeness (QED) is 0.793. The molecule has 1 aromatic heterocycles. The van der Waals surface area contributed by atoms with E-state index in [1.165, 1.54) is 0 Å². The van der Waals surface area contributed by atoms with Crippen molar-refractivity contribution in [3.8, 4) is 0 Å². The highest BCUT2D eigenvalue weighted by Crippen LogP contribution is 2.12. The lowest BCUT2D eigenvalue weighted by molar-refractivity contribution is 0.257. The standard InChI is InChI=1S/C12H19N3O3S/c16-19(17,18)11-3-6-14-7-9-15(10-8-14)12-4-1-2-5-13-12/h1-2,4-5H,3,6-11H2,(H,16,17,18). The highest BCUT2D eigenvalue weighted by Gasteiger charge is 2.17. The first-order chi connectivity index (χ1) is 9.04. The summed E-state index contributed by atoms with van der Waals surface area (Å²) in [7, 11) is -3.83. The molecule has 0 bridgehead atoms. The third-order valence-corrected chi connectivity index (χ3v) is 4.03. The van der Waals surface area contributed by atoms with Crippen molar-refractivity contribution < 1.29 is 13.0 Å². The lowest BCUT2D eigenvalue weighted by Gasteiger charge is -2.35. The molecule has 1 aromatic rings. The molecule has 1 aliphatic heterocycles. The fraction of sp³-hybridized carbons (Fsp3) is 0.583. The normalized spacial score (nSPS) is 17.6. The maximum absolute atomic E-state index is 10.6. The summed E-state index contributed by atoms with van der Waals surface area (Å²) < 4.78 is 29.9. The zero-order valence-corrected chi connectivity index (χ0v) is 11.6. The van der Waals surface area contributed by atoms with E-state index in [9.17, 15) is 8.42 Å². The Labute approximate surface area is 113 Å². The van der Waals surface area contributed by atoms with Crippen molar-refractivity contribution in [2.24, 2.45) is 0 Å². The van der Waals surface area contributed by atoms with Crippen LogP contribution in [0.1, 0.15) is 6.42 Å². The van der Waals surface area contributed by atoms with Crippen LogP contribution in [0.15, 0.2) is 24.4 Å². The molecular weight excluding hydrogens is 266 g/mol. The molecule has 1 N–H and O–H groups in total. The molecule has 0 saturated carbocycles. The van der Waals surface area contributed by atoms with Gasteiger partial charge in [0.2, 0.25) is 0 Å². The number of nitrogens with zero attached hydrogens (tertiary/aromatic N) is 3. The van der Waals surface area contributed by atoms with Crippen LogP contribution in [0, 0.1) is 0 Å². The molecule has 1 fully saturated rings. The van der Waals surface area contributed by atoms with Crippen LogP contribution in [-0.2, 0) is 10.1 Å². The topological polar surface area (TPSA) is 73.7 Å². The first kappa shape index (κ1) is 14.2. The van der Waals surface area contributed by atoms with Crippen LogP contribution in [0.25, 0.3) is 0 Å². The van der Waals surface area contributed by atoms with Gasteiger partial charge in [-0.2, -0.15) is 8.42 Å². The molecule has 0 amide bonds. The first-order valence-corrected chi connectivity index (χ1v) is 7.99. The van der Waals surface area contributed by atoms with Crippen molar-refractivity contribution in [1.29, 1.82) is 0 Å². The minimum atomic E-state index is -3.83. The van der Waals surface area contributed by atoms with E-state index >= 15 is 0 Å². The van der Waals surface area contributed by atoms with Gasteiger partial charge in [0.15, 0.2) is 0 Å². The number of aromatic nitrogens is 1. The van der Waals surface area contributed by atoms with Crippen molar-refractivity contribution in [1.82, 2.24) is 9.88 Å². The van der Waals surface area contributed by atoms with E-state index in [-0.39, 0.29) is 5.75 Å². The highest BCUT2D eigenvalue weighted by atomic mass is 32.2. The molecule has 0 atom stereocenters. The molecule has 0 spiro atoms. The highest BCUT2D eigenvalue weighted by molar-refractivity contribution is 7.85. The smallest absolute Gasteiger partial charge is 0.264 e. The Morgan fingerprint density at radius 2 is 1.95 bits per heavy atom. The van der Waals surface area contributed by atoms with Crippen LogP contribution in [0.2, 0.25) is 0 Å². The first-order valence-electron chi connectivity index (χ1n) is 6.38. The van der Waals surface area contributed by atoms with E-state index in [0.29, 0.717) is 13.0 Å². The van der Waals surface area contributed by atoms with E-state index < -0.39 is 10.1 Å². The Morgan fingerprint density at radius 1 is 1.21 bits per heavy atom. The minimum absolute atomic E-state index is 0.159. The van der Waals surface area contributed by atoms with Crippen LogP contribution < -0.4 is 4.90 Å². The van der Waals surface area contributed by atoms with Gasteiger partial charge in [0.1, 0.15) is 5.82 Å². The molecule has 19 heavy (non-hydrogen) atoms. The lowest BCUT2D eigenvalue weighted by atomic mass is 10.3. The Balaban J connectivity index is 1.74. The van der Waals surface area contributed by atoms with Gasteiger partial charge in [0, 0.05) is 32.4 Å². The van der Waals surface area contributed by atoms with Gasteiger partial charge in [-0.3, -0.25) is 9.45 Å². The fourth-order valence-electron chi connectivity index (χ4n) is 2.21. The molecule has 6 nitrogen and oxygen atoms in total. The second-order valence-electron chi connectivity index (χ2n) is 4.66. The molecule has 106 valence electrons. The molecule has 2 heterocycles. The Kier molecular flexibility index (Phi) is 4.73. The predicted molar refractivity (Wildman–Crippen MR) is 73.9 cm³/mol. The molecule has 0 aliphatic carbocycles. The van der Waals surface area contributed by atoms with E-state index in [4.69, 9.17) is 4.55 Å². The summed E-state index contributed by atoms with van der Waals surface area (Å²) in [5.41, 5.74) is 0. The van der Waals surface area contributed by atoms with Gasteiger partial charge >= 0.3 is 0 Å². The third kappa shape index (κ3) is 4.77. The Morgan fingerprint density at radius 3 is 2.53 bits per heavy atom. The lowest BCUT2D eigenvalue weighted by Crippen LogP contribution is -2.47. The van der Waals surface area contributed by atoms with Gasteiger partial charge in [-0.25, -0.2) is 4.98 Å². The van der Waals surface area contributed by atoms with Crippen LogP contribution in [-0.4, -0.2) is 61.3 Å². The third-order valence-electron chi connectivity index (χ3n) is 3.22.